The summed E-state index contributed by atoms with van der Waals surface area (Å²) in [6.45, 7) is 7.95. The standard InChI is InChI=1S/C18H27N3O4/c1-4-12(2)16-11-24-18(23)21(16)14-5-7-20(8-6-14)17(22)10-15-9-13(3)19-25-15/h9,12,14,16H,4-8,10-11H2,1-3H3/t12-,16-/m0/s1. The predicted molar refractivity (Wildman–Crippen MR) is 91.0 cm³/mol. The third-order valence-corrected chi connectivity index (χ3v) is 5.46. The summed E-state index contributed by atoms with van der Waals surface area (Å²) in [5, 5.41) is 3.82. The fourth-order valence-electron chi connectivity index (χ4n) is 3.73. The molecular formula is C18H27N3O4. The van der Waals surface area contributed by atoms with E-state index in [4.69, 9.17) is 9.26 Å². The van der Waals surface area contributed by atoms with Crippen molar-refractivity contribution in [2.75, 3.05) is 19.7 Å². The summed E-state index contributed by atoms with van der Waals surface area (Å²) in [4.78, 5) is 28.4. The number of carbonyl (C=O) groups excluding carboxylic acids is 2. The second-order valence-electron chi connectivity index (χ2n) is 7.16. The number of carbonyl (C=O) groups is 2. The molecule has 25 heavy (non-hydrogen) atoms. The number of amides is 2. The highest BCUT2D eigenvalue weighted by Gasteiger charge is 2.41. The molecule has 7 nitrogen and oxygen atoms in total. The first-order valence-electron chi connectivity index (χ1n) is 9.14. The summed E-state index contributed by atoms with van der Waals surface area (Å²) in [7, 11) is 0. The second-order valence-corrected chi connectivity index (χ2v) is 7.16. The first kappa shape index (κ1) is 17.8. The molecule has 2 atom stereocenters. The molecule has 2 fully saturated rings. The molecule has 7 heteroatoms. The van der Waals surface area contributed by atoms with Gasteiger partial charge >= 0.3 is 6.09 Å². The van der Waals surface area contributed by atoms with E-state index in [1.54, 1.807) is 6.07 Å². The van der Waals surface area contributed by atoms with Crippen molar-refractivity contribution < 1.29 is 18.8 Å². The normalized spacial score (nSPS) is 23.0. The van der Waals surface area contributed by atoms with E-state index in [9.17, 15) is 9.59 Å². The van der Waals surface area contributed by atoms with Crippen LogP contribution in [0.25, 0.3) is 0 Å². The van der Waals surface area contributed by atoms with Gasteiger partial charge in [0.25, 0.3) is 0 Å². The SMILES string of the molecule is CC[C@H](C)[C@@H]1COC(=O)N1C1CCN(C(=O)Cc2cc(C)no2)CC1. The van der Waals surface area contributed by atoms with Gasteiger partial charge in [0, 0.05) is 25.2 Å². The number of aryl methyl sites for hydroxylation is 1. The van der Waals surface area contributed by atoms with E-state index in [-0.39, 0.29) is 30.5 Å². The first-order chi connectivity index (χ1) is 12.0. The van der Waals surface area contributed by atoms with Crippen molar-refractivity contribution in [1.29, 1.82) is 0 Å². The molecule has 1 aromatic heterocycles. The van der Waals surface area contributed by atoms with Crippen molar-refractivity contribution in [3.8, 4) is 0 Å². The Bertz CT molecular complexity index is 622. The molecule has 0 saturated carbocycles. The number of ether oxygens (including phenoxy) is 1. The van der Waals surface area contributed by atoms with Crippen molar-refractivity contribution in [2.45, 2.75) is 58.5 Å². The second kappa shape index (κ2) is 7.45. The summed E-state index contributed by atoms with van der Waals surface area (Å²) in [5.41, 5.74) is 0.783. The molecule has 3 heterocycles. The Hall–Kier alpha value is -2.05. The van der Waals surface area contributed by atoms with E-state index >= 15 is 0 Å². The van der Waals surface area contributed by atoms with Gasteiger partial charge in [0.1, 0.15) is 12.4 Å². The molecule has 0 spiro atoms. The Labute approximate surface area is 148 Å². The molecular weight excluding hydrogens is 322 g/mol. The molecule has 2 amide bonds. The number of cyclic esters (lactones) is 1. The Balaban J connectivity index is 1.55. The maximum absolute atomic E-state index is 12.4. The van der Waals surface area contributed by atoms with Crippen molar-refractivity contribution in [2.24, 2.45) is 5.92 Å². The van der Waals surface area contributed by atoms with E-state index in [1.165, 1.54) is 0 Å². The van der Waals surface area contributed by atoms with Crippen LogP contribution in [0, 0.1) is 12.8 Å². The molecule has 0 N–H and O–H groups in total. The lowest BCUT2D eigenvalue weighted by atomic mass is 9.95. The fraction of sp³-hybridized carbons (Fsp3) is 0.722. The Kier molecular flexibility index (Phi) is 5.30. The van der Waals surface area contributed by atoms with Gasteiger partial charge in [0.15, 0.2) is 0 Å². The van der Waals surface area contributed by atoms with Gasteiger partial charge in [-0.3, -0.25) is 9.69 Å². The minimum absolute atomic E-state index is 0.0528. The molecule has 2 aliphatic heterocycles. The topological polar surface area (TPSA) is 75.9 Å². The molecule has 2 saturated heterocycles. The zero-order valence-corrected chi connectivity index (χ0v) is 15.2. The average molecular weight is 349 g/mol. The lowest BCUT2D eigenvalue weighted by Crippen LogP contribution is -2.51. The van der Waals surface area contributed by atoms with Gasteiger partial charge < -0.3 is 14.2 Å². The molecule has 0 radical (unpaired) electrons. The van der Waals surface area contributed by atoms with E-state index in [0.717, 1.165) is 25.0 Å². The lowest BCUT2D eigenvalue weighted by Gasteiger charge is -2.39. The number of likely N-dealkylation sites (tertiary alicyclic amines) is 1. The van der Waals surface area contributed by atoms with E-state index < -0.39 is 0 Å². The zero-order valence-electron chi connectivity index (χ0n) is 15.2. The van der Waals surface area contributed by atoms with Gasteiger partial charge in [0.2, 0.25) is 5.91 Å². The maximum atomic E-state index is 12.4. The molecule has 138 valence electrons. The van der Waals surface area contributed by atoms with Crippen molar-refractivity contribution >= 4 is 12.0 Å². The summed E-state index contributed by atoms with van der Waals surface area (Å²) in [6, 6.07) is 2.11. The van der Waals surface area contributed by atoms with Crippen LogP contribution < -0.4 is 0 Å². The zero-order chi connectivity index (χ0) is 18.0. The smallest absolute Gasteiger partial charge is 0.410 e. The van der Waals surface area contributed by atoms with Gasteiger partial charge in [-0.2, -0.15) is 0 Å². The van der Waals surface area contributed by atoms with Crippen LogP contribution in [0.4, 0.5) is 4.79 Å². The monoisotopic (exact) mass is 349 g/mol. The Morgan fingerprint density at radius 2 is 2.12 bits per heavy atom. The van der Waals surface area contributed by atoms with Crippen LogP contribution in [-0.2, 0) is 16.0 Å². The Morgan fingerprint density at radius 3 is 2.72 bits per heavy atom. The van der Waals surface area contributed by atoms with Gasteiger partial charge in [0.05, 0.1) is 18.2 Å². The van der Waals surface area contributed by atoms with Gasteiger partial charge in [-0.15, -0.1) is 0 Å². The number of rotatable bonds is 5. The molecule has 3 rings (SSSR count). The molecule has 0 unspecified atom stereocenters. The average Bonchev–Trinajstić information content (AvgIpc) is 3.20. The third-order valence-electron chi connectivity index (χ3n) is 5.46. The first-order valence-corrected chi connectivity index (χ1v) is 9.14. The van der Waals surface area contributed by atoms with Crippen molar-refractivity contribution in [1.82, 2.24) is 15.0 Å². The van der Waals surface area contributed by atoms with Crippen LogP contribution in [0.3, 0.4) is 0 Å². The highest BCUT2D eigenvalue weighted by molar-refractivity contribution is 5.78. The minimum atomic E-state index is -0.202. The van der Waals surface area contributed by atoms with Gasteiger partial charge in [-0.25, -0.2) is 4.79 Å². The number of piperidine rings is 1. The Morgan fingerprint density at radius 1 is 1.40 bits per heavy atom. The number of hydrogen-bond donors (Lipinski definition) is 0. The molecule has 1 aromatic rings. The van der Waals surface area contributed by atoms with Crippen LogP contribution in [0.15, 0.2) is 10.6 Å². The largest absolute Gasteiger partial charge is 0.447 e. The van der Waals surface area contributed by atoms with Crippen molar-refractivity contribution in [3.05, 3.63) is 17.5 Å². The maximum Gasteiger partial charge on any atom is 0.410 e. The van der Waals surface area contributed by atoms with Crippen LogP contribution in [0.2, 0.25) is 0 Å². The molecule has 0 bridgehead atoms. The highest BCUT2D eigenvalue weighted by atomic mass is 16.6. The summed E-state index contributed by atoms with van der Waals surface area (Å²) < 4.78 is 10.4. The van der Waals surface area contributed by atoms with Gasteiger partial charge in [-0.05, 0) is 25.7 Å². The van der Waals surface area contributed by atoms with Gasteiger partial charge in [-0.1, -0.05) is 25.4 Å². The van der Waals surface area contributed by atoms with Crippen LogP contribution in [0.5, 0.6) is 0 Å². The molecule has 2 aliphatic rings. The summed E-state index contributed by atoms with van der Waals surface area (Å²) in [6.07, 6.45) is 2.65. The molecule has 0 aliphatic carbocycles. The van der Waals surface area contributed by atoms with E-state index in [2.05, 4.69) is 19.0 Å². The number of hydrogen-bond acceptors (Lipinski definition) is 5. The van der Waals surface area contributed by atoms with Crippen LogP contribution >= 0.6 is 0 Å². The van der Waals surface area contributed by atoms with E-state index in [1.807, 2.05) is 16.7 Å². The minimum Gasteiger partial charge on any atom is -0.447 e. The summed E-state index contributed by atoms with van der Waals surface area (Å²) in [5.74, 6) is 1.07. The molecule has 0 aromatic carbocycles. The summed E-state index contributed by atoms with van der Waals surface area (Å²) >= 11 is 0. The van der Waals surface area contributed by atoms with Crippen LogP contribution in [0.1, 0.15) is 44.6 Å². The van der Waals surface area contributed by atoms with E-state index in [0.29, 0.717) is 31.4 Å². The number of aromatic nitrogens is 1. The quantitative estimate of drug-likeness (QED) is 0.816. The highest BCUT2D eigenvalue weighted by Crippen LogP contribution is 2.28. The van der Waals surface area contributed by atoms with Crippen LogP contribution in [-0.4, -0.2) is 58.7 Å². The lowest BCUT2D eigenvalue weighted by molar-refractivity contribution is -0.132. The predicted octanol–water partition coefficient (Wildman–Crippen LogP) is 2.38. The van der Waals surface area contributed by atoms with Crippen molar-refractivity contribution in [3.63, 3.8) is 0 Å². The number of nitrogens with zero attached hydrogens (tertiary/aromatic N) is 3. The third kappa shape index (κ3) is 3.80. The fourth-order valence-corrected chi connectivity index (χ4v) is 3.73.